The number of nitrogens with one attached hydrogen (secondary N) is 1. The molecule has 0 amide bonds. The molecule has 0 radical (unpaired) electrons. The van der Waals surface area contributed by atoms with Crippen LogP contribution in [-0.4, -0.2) is 6.21 Å². The number of benzene rings is 1. The summed E-state index contributed by atoms with van der Waals surface area (Å²) < 4.78 is 0. The maximum atomic E-state index is 7.50. The van der Waals surface area contributed by atoms with Crippen LogP contribution in [0.15, 0.2) is 90.6 Å². The highest BCUT2D eigenvalue weighted by atomic mass is 14.3. The molecule has 1 aromatic rings. The zero-order valence-corrected chi connectivity index (χ0v) is 12.0. The van der Waals surface area contributed by atoms with E-state index in [1.165, 1.54) is 11.8 Å². The largest absolute Gasteiger partial charge is 0.308 e. The molecule has 0 aliphatic heterocycles. The lowest BCUT2D eigenvalue weighted by Gasteiger charge is -2.02. The number of hydrogen-bond acceptors (Lipinski definition) is 1. The van der Waals surface area contributed by atoms with Gasteiger partial charge in [-0.15, -0.1) is 0 Å². The van der Waals surface area contributed by atoms with Gasteiger partial charge in [0.2, 0.25) is 0 Å². The molecule has 0 aliphatic carbocycles. The first-order chi connectivity index (χ1) is 9.67. The van der Waals surface area contributed by atoms with Gasteiger partial charge in [0.25, 0.3) is 0 Å². The van der Waals surface area contributed by atoms with E-state index in [2.05, 4.69) is 31.4 Å². The molecule has 0 atom stereocenters. The van der Waals surface area contributed by atoms with Crippen molar-refractivity contribution in [3.8, 4) is 0 Å². The van der Waals surface area contributed by atoms with Crippen LogP contribution in [0, 0.1) is 5.41 Å². The van der Waals surface area contributed by atoms with Gasteiger partial charge in [-0.2, -0.15) is 0 Å². The van der Waals surface area contributed by atoms with Gasteiger partial charge in [-0.3, -0.25) is 0 Å². The molecule has 0 bridgehead atoms. The van der Waals surface area contributed by atoms with E-state index in [4.69, 9.17) is 5.41 Å². The Morgan fingerprint density at radius 3 is 2.55 bits per heavy atom. The van der Waals surface area contributed by atoms with Crippen molar-refractivity contribution < 1.29 is 0 Å². The normalized spacial score (nSPS) is 12.4. The summed E-state index contributed by atoms with van der Waals surface area (Å²) in [5.41, 5.74) is 4.10. The van der Waals surface area contributed by atoms with Gasteiger partial charge in [-0.25, -0.2) is 0 Å². The maximum Gasteiger partial charge on any atom is 0.0247 e. The molecular weight excluding hydrogens is 242 g/mol. The number of allylic oxidation sites excluding steroid dienone is 8. The summed E-state index contributed by atoms with van der Waals surface area (Å²) in [7, 11) is 0. The topological polar surface area (TPSA) is 23.9 Å². The molecule has 102 valence electrons. The predicted molar refractivity (Wildman–Crippen MR) is 89.2 cm³/mol. The lowest BCUT2D eigenvalue weighted by molar-refractivity contribution is 1.26. The fraction of sp³-hybridized carbons (Fsp3) is 0.105. The van der Waals surface area contributed by atoms with Crippen molar-refractivity contribution >= 4 is 6.21 Å². The Hall–Kier alpha value is -2.41. The van der Waals surface area contributed by atoms with Crippen LogP contribution in [0.25, 0.3) is 0 Å². The van der Waals surface area contributed by atoms with E-state index in [-0.39, 0.29) is 0 Å². The molecule has 1 N–H and O–H groups in total. The highest BCUT2D eigenvalue weighted by molar-refractivity contribution is 5.80. The maximum absolute atomic E-state index is 7.50. The fourth-order valence-corrected chi connectivity index (χ4v) is 1.67. The highest BCUT2D eigenvalue weighted by Crippen LogP contribution is 2.12. The molecule has 1 rings (SSSR count). The van der Waals surface area contributed by atoms with Crippen molar-refractivity contribution in [3.63, 3.8) is 0 Å². The van der Waals surface area contributed by atoms with Gasteiger partial charge in [0.05, 0.1) is 0 Å². The zero-order valence-electron chi connectivity index (χ0n) is 12.0. The summed E-state index contributed by atoms with van der Waals surface area (Å²) in [6, 6.07) is 10.2. The van der Waals surface area contributed by atoms with Crippen LogP contribution in [-0.2, 0) is 6.42 Å². The van der Waals surface area contributed by atoms with Gasteiger partial charge < -0.3 is 5.41 Å². The summed E-state index contributed by atoms with van der Waals surface area (Å²) in [4.78, 5) is 0. The lowest BCUT2D eigenvalue weighted by atomic mass is 10.0. The monoisotopic (exact) mass is 263 g/mol. The summed E-state index contributed by atoms with van der Waals surface area (Å²) >= 11 is 0. The Bertz CT molecular complexity index is 557. The molecule has 0 heterocycles. The molecule has 0 saturated carbocycles. The molecule has 1 heteroatoms. The third-order valence-electron chi connectivity index (χ3n) is 2.91. The van der Waals surface area contributed by atoms with E-state index in [0.29, 0.717) is 0 Å². The summed E-state index contributed by atoms with van der Waals surface area (Å²) in [5.74, 6) is 0. The van der Waals surface area contributed by atoms with Crippen molar-refractivity contribution in [1.29, 1.82) is 5.41 Å². The predicted octanol–water partition coefficient (Wildman–Crippen LogP) is 5.05. The molecule has 0 saturated heterocycles. The van der Waals surface area contributed by atoms with Gasteiger partial charge in [-0.05, 0) is 35.6 Å². The van der Waals surface area contributed by atoms with Crippen molar-refractivity contribution in [1.82, 2.24) is 0 Å². The quantitative estimate of drug-likeness (QED) is 0.526. The van der Waals surface area contributed by atoms with Crippen LogP contribution in [0.3, 0.4) is 0 Å². The average molecular weight is 263 g/mol. The van der Waals surface area contributed by atoms with Crippen LogP contribution >= 0.6 is 0 Å². The molecule has 20 heavy (non-hydrogen) atoms. The van der Waals surface area contributed by atoms with Gasteiger partial charge in [0, 0.05) is 6.21 Å². The minimum absolute atomic E-state index is 0.824. The van der Waals surface area contributed by atoms with Gasteiger partial charge in [0.15, 0.2) is 0 Å². The van der Waals surface area contributed by atoms with E-state index < -0.39 is 0 Å². The Labute approximate surface area is 121 Å². The zero-order chi connectivity index (χ0) is 14.8. The molecule has 0 spiro atoms. The molecule has 1 aromatic carbocycles. The molecule has 1 nitrogen and oxygen atoms in total. The Kier molecular flexibility index (Phi) is 6.77. The molecular formula is C19H21N. The molecule has 0 aliphatic rings. The summed E-state index contributed by atoms with van der Waals surface area (Å²) in [5, 5.41) is 7.50. The smallest absolute Gasteiger partial charge is 0.0247 e. The van der Waals surface area contributed by atoms with Crippen LogP contribution in [0.5, 0.6) is 0 Å². The van der Waals surface area contributed by atoms with Crippen LogP contribution in [0.4, 0.5) is 0 Å². The van der Waals surface area contributed by atoms with E-state index in [9.17, 15) is 0 Å². The first kappa shape index (κ1) is 15.6. The van der Waals surface area contributed by atoms with Crippen molar-refractivity contribution in [2.45, 2.75) is 13.3 Å². The third kappa shape index (κ3) is 5.49. The second-order valence-corrected chi connectivity index (χ2v) is 4.49. The molecule has 0 unspecified atom stereocenters. The minimum atomic E-state index is 0.824. The second-order valence-electron chi connectivity index (χ2n) is 4.49. The third-order valence-corrected chi connectivity index (χ3v) is 2.91. The van der Waals surface area contributed by atoms with E-state index >= 15 is 0 Å². The Morgan fingerprint density at radius 2 is 1.95 bits per heavy atom. The Balaban J connectivity index is 2.80. The molecule has 0 fully saturated rings. The fourth-order valence-electron chi connectivity index (χ4n) is 1.67. The minimum Gasteiger partial charge on any atom is -0.308 e. The van der Waals surface area contributed by atoms with E-state index in [1.807, 2.05) is 43.4 Å². The number of rotatable bonds is 7. The van der Waals surface area contributed by atoms with Crippen LogP contribution in [0.1, 0.15) is 12.5 Å². The van der Waals surface area contributed by atoms with Gasteiger partial charge in [0.1, 0.15) is 0 Å². The van der Waals surface area contributed by atoms with Crippen LogP contribution in [0.2, 0.25) is 0 Å². The SMILES string of the molecule is C=C/C=C\C(=C)/C(C)=C/C(C=N)=C\Cc1ccccc1. The van der Waals surface area contributed by atoms with Gasteiger partial charge in [-0.1, -0.05) is 73.9 Å². The Morgan fingerprint density at radius 1 is 1.25 bits per heavy atom. The number of hydrogen-bond donors (Lipinski definition) is 1. The summed E-state index contributed by atoms with van der Waals surface area (Å²) in [6.07, 6.45) is 11.7. The lowest BCUT2D eigenvalue weighted by Crippen LogP contribution is -1.87. The van der Waals surface area contributed by atoms with Crippen molar-refractivity contribution in [3.05, 3.63) is 96.2 Å². The first-order valence-electron chi connectivity index (χ1n) is 6.58. The highest BCUT2D eigenvalue weighted by Gasteiger charge is 1.95. The second kappa shape index (κ2) is 8.65. The van der Waals surface area contributed by atoms with Crippen LogP contribution < -0.4 is 0 Å². The van der Waals surface area contributed by atoms with Gasteiger partial charge >= 0.3 is 0 Å². The first-order valence-corrected chi connectivity index (χ1v) is 6.58. The van der Waals surface area contributed by atoms with Crippen molar-refractivity contribution in [2.75, 3.05) is 0 Å². The average Bonchev–Trinajstić information content (AvgIpc) is 2.49. The molecule has 0 aromatic heterocycles. The standard InChI is InChI=1S/C19H21N/c1-4-5-9-16(2)17(3)14-19(15-20)13-12-18-10-7-6-8-11-18/h4-11,13-15,20H,1-2,12H2,3H3/b9-5-,17-14+,19-13+,20-15?. The van der Waals surface area contributed by atoms with E-state index in [1.54, 1.807) is 6.08 Å². The van der Waals surface area contributed by atoms with Crippen molar-refractivity contribution in [2.24, 2.45) is 0 Å². The van der Waals surface area contributed by atoms with E-state index in [0.717, 1.165) is 23.1 Å². The summed E-state index contributed by atoms with van der Waals surface area (Å²) in [6.45, 7) is 9.63.